The molecule has 0 spiro atoms. The maximum Gasteiger partial charge on any atom is 0.240 e. The number of nitrogens with one attached hydrogen (secondary N) is 1. The number of nitrogen functional groups attached to an aromatic ring is 1. The summed E-state index contributed by atoms with van der Waals surface area (Å²) in [4.78, 5) is 0.181. The molecule has 1 aliphatic carbocycles. The van der Waals surface area contributed by atoms with Gasteiger partial charge in [0.2, 0.25) is 10.0 Å². The summed E-state index contributed by atoms with van der Waals surface area (Å²) in [5.74, 6) is 0.752. The number of benzene rings is 1. The highest BCUT2D eigenvalue weighted by molar-refractivity contribution is 7.89. The fraction of sp³-hybridized carbons (Fsp3) is 0.600. The van der Waals surface area contributed by atoms with E-state index in [-0.39, 0.29) is 16.6 Å². The van der Waals surface area contributed by atoms with Gasteiger partial charge in [-0.3, -0.25) is 0 Å². The van der Waals surface area contributed by atoms with E-state index in [1.54, 1.807) is 0 Å². The summed E-state index contributed by atoms with van der Waals surface area (Å²) in [6, 6.07) is 4.45. The summed E-state index contributed by atoms with van der Waals surface area (Å²) in [5, 5.41) is 0.369. The van der Waals surface area contributed by atoms with Crippen molar-refractivity contribution in [3.8, 4) is 0 Å². The molecular weight excluding hydrogens is 308 g/mol. The molecule has 2 rings (SSSR count). The number of nitrogens with two attached hydrogens (primary N) is 1. The normalized spacial score (nSPS) is 23.1. The van der Waals surface area contributed by atoms with Gasteiger partial charge in [-0.1, -0.05) is 31.4 Å². The molecule has 0 unspecified atom stereocenters. The Bertz CT molecular complexity index is 581. The van der Waals surface area contributed by atoms with Crippen LogP contribution in [0.25, 0.3) is 0 Å². The van der Waals surface area contributed by atoms with Crippen LogP contribution in [0, 0.1) is 5.92 Å². The van der Waals surface area contributed by atoms with Crippen LogP contribution in [0.1, 0.15) is 45.4 Å². The Kier molecular flexibility index (Phi) is 5.52. The van der Waals surface area contributed by atoms with Gasteiger partial charge in [-0.05, 0) is 49.8 Å². The smallest absolute Gasteiger partial charge is 0.240 e. The summed E-state index contributed by atoms with van der Waals surface area (Å²) in [7, 11) is -3.52. The minimum absolute atomic E-state index is 0.0278. The topological polar surface area (TPSA) is 72.2 Å². The zero-order valence-electron chi connectivity index (χ0n) is 12.3. The van der Waals surface area contributed by atoms with Gasteiger partial charge in [-0.2, -0.15) is 0 Å². The van der Waals surface area contributed by atoms with Crippen LogP contribution < -0.4 is 10.5 Å². The molecular formula is C15H23ClN2O2S. The molecule has 21 heavy (non-hydrogen) atoms. The van der Waals surface area contributed by atoms with Crippen LogP contribution in [0.15, 0.2) is 23.1 Å². The molecule has 0 heterocycles. The third kappa shape index (κ3) is 4.34. The van der Waals surface area contributed by atoms with Crippen LogP contribution in [-0.4, -0.2) is 14.5 Å². The molecule has 0 aromatic heterocycles. The van der Waals surface area contributed by atoms with Crippen LogP contribution in [0.2, 0.25) is 5.02 Å². The maximum atomic E-state index is 12.4. The van der Waals surface area contributed by atoms with Crippen molar-refractivity contribution in [3.05, 3.63) is 23.2 Å². The zero-order chi connectivity index (χ0) is 15.5. The van der Waals surface area contributed by atoms with E-state index in [2.05, 4.69) is 11.6 Å². The Morgan fingerprint density at radius 2 is 1.95 bits per heavy atom. The van der Waals surface area contributed by atoms with Gasteiger partial charge in [0.1, 0.15) is 0 Å². The van der Waals surface area contributed by atoms with Gasteiger partial charge < -0.3 is 5.73 Å². The molecule has 0 amide bonds. The van der Waals surface area contributed by atoms with Gasteiger partial charge >= 0.3 is 0 Å². The van der Waals surface area contributed by atoms with Crippen LogP contribution in [0.3, 0.4) is 0 Å². The van der Waals surface area contributed by atoms with E-state index < -0.39 is 10.0 Å². The van der Waals surface area contributed by atoms with E-state index in [1.807, 2.05) is 0 Å². The second-order valence-corrected chi connectivity index (χ2v) is 7.93. The van der Waals surface area contributed by atoms with E-state index in [0.29, 0.717) is 5.02 Å². The minimum Gasteiger partial charge on any atom is -0.397 e. The first-order chi connectivity index (χ1) is 9.92. The largest absolute Gasteiger partial charge is 0.397 e. The SMILES string of the molecule is CCCC1CCC(NS(=O)(=O)c2ccc(Cl)c(N)c2)CC1. The molecule has 0 bridgehead atoms. The molecule has 4 nitrogen and oxygen atoms in total. The minimum atomic E-state index is -3.52. The molecule has 0 radical (unpaired) electrons. The second kappa shape index (κ2) is 6.99. The maximum absolute atomic E-state index is 12.4. The van der Waals surface area contributed by atoms with Crippen molar-refractivity contribution in [2.24, 2.45) is 5.92 Å². The lowest BCUT2D eigenvalue weighted by atomic mass is 9.84. The van der Waals surface area contributed by atoms with Crippen LogP contribution >= 0.6 is 11.6 Å². The summed E-state index contributed by atoms with van der Waals surface area (Å²) < 4.78 is 27.5. The molecule has 1 saturated carbocycles. The van der Waals surface area contributed by atoms with Crippen molar-refractivity contribution in [3.63, 3.8) is 0 Å². The number of sulfonamides is 1. The van der Waals surface area contributed by atoms with E-state index in [4.69, 9.17) is 17.3 Å². The van der Waals surface area contributed by atoms with E-state index in [9.17, 15) is 8.42 Å². The van der Waals surface area contributed by atoms with Crippen molar-refractivity contribution in [2.45, 2.75) is 56.4 Å². The second-order valence-electron chi connectivity index (χ2n) is 5.81. The lowest BCUT2D eigenvalue weighted by Crippen LogP contribution is -2.37. The van der Waals surface area contributed by atoms with Gasteiger partial charge in [0, 0.05) is 6.04 Å². The summed E-state index contributed by atoms with van der Waals surface area (Å²) in [6.07, 6.45) is 6.46. The molecule has 1 aliphatic rings. The van der Waals surface area contributed by atoms with Crippen LogP contribution in [0.5, 0.6) is 0 Å². The fourth-order valence-electron chi connectivity index (χ4n) is 2.95. The molecule has 0 aliphatic heterocycles. The Hall–Kier alpha value is -0.780. The molecule has 1 aromatic carbocycles. The molecule has 0 saturated heterocycles. The Balaban J connectivity index is 2.00. The quantitative estimate of drug-likeness (QED) is 0.811. The Morgan fingerprint density at radius 3 is 2.52 bits per heavy atom. The highest BCUT2D eigenvalue weighted by Crippen LogP contribution is 2.29. The Labute approximate surface area is 132 Å². The van der Waals surface area contributed by atoms with Crippen molar-refractivity contribution in [2.75, 3.05) is 5.73 Å². The van der Waals surface area contributed by atoms with Crippen molar-refractivity contribution in [1.82, 2.24) is 4.72 Å². The third-order valence-electron chi connectivity index (χ3n) is 4.14. The average molecular weight is 331 g/mol. The summed E-state index contributed by atoms with van der Waals surface area (Å²) >= 11 is 5.83. The first kappa shape index (κ1) is 16.6. The van der Waals surface area contributed by atoms with Crippen molar-refractivity contribution < 1.29 is 8.42 Å². The average Bonchev–Trinajstić information content (AvgIpc) is 2.44. The standard InChI is InChI=1S/C15H23ClN2O2S/c1-2-3-11-4-6-12(7-5-11)18-21(19,20)13-8-9-14(16)15(17)10-13/h8-12,18H,2-7,17H2,1H3. The monoisotopic (exact) mass is 330 g/mol. The first-order valence-corrected chi connectivity index (χ1v) is 9.36. The predicted molar refractivity (Wildman–Crippen MR) is 86.8 cm³/mol. The fourth-order valence-corrected chi connectivity index (χ4v) is 4.41. The first-order valence-electron chi connectivity index (χ1n) is 7.49. The van der Waals surface area contributed by atoms with Crippen LogP contribution in [0.4, 0.5) is 5.69 Å². The summed E-state index contributed by atoms with van der Waals surface area (Å²) in [6.45, 7) is 2.19. The lowest BCUT2D eigenvalue weighted by molar-refractivity contribution is 0.297. The highest BCUT2D eigenvalue weighted by Gasteiger charge is 2.25. The molecule has 1 fully saturated rings. The Morgan fingerprint density at radius 1 is 1.29 bits per heavy atom. The van der Waals surface area contributed by atoms with Crippen molar-refractivity contribution >= 4 is 27.3 Å². The van der Waals surface area contributed by atoms with E-state index in [0.717, 1.165) is 31.6 Å². The van der Waals surface area contributed by atoms with Gasteiger partial charge in [0.25, 0.3) is 0 Å². The zero-order valence-corrected chi connectivity index (χ0v) is 13.9. The third-order valence-corrected chi connectivity index (χ3v) is 6.01. The molecule has 1 aromatic rings. The number of hydrogen-bond acceptors (Lipinski definition) is 3. The molecule has 6 heteroatoms. The van der Waals surface area contributed by atoms with Gasteiger partial charge in [-0.15, -0.1) is 0 Å². The molecule has 0 atom stereocenters. The van der Waals surface area contributed by atoms with E-state index in [1.165, 1.54) is 31.0 Å². The molecule has 118 valence electrons. The number of anilines is 1. The highest BCUT2D eigenvalue weighted by atomic mass is 35.5. The van der Waals surface area contributed by atoms with Crippen LogP contribution in [-0.2, 0) is 10.0 Å². The van der Waals surface area contributed by atoms with E-state index >= 15 is 0 Å². The number of halogens is 1. The van der Waals surface area contributed by atoms with Crippen molar-refractivity contribution in [1.29, 1.82) is 0 Å². The van der Waals surface area contributed by atoms with Gasteiger partial charge in [-0.25, -0.2) is 13.1 Å². The number of rotatable bonds is 5. The lowest BCUT2D eigenvalue weighted by Gasteiger charge is -2.28. The number of hydrogen-bond donors (Lipinski definition) is 2. The summed E-state index contributed by atoms with van der Waals surface area (Å²) in [5.41, 5.74) is 5.96. The molecule has 3 N–H and O–H groups in total. The van der Waals surface area contributed by atoms with Gasteiger partial charge in [0.05, 0.1) is 15.6 Å². The predicted octanol–water partition coefficient (Wildman–Crippen LogP) is 3.56. The van der Waals surface area contributed by atoms with Gasteiger partial charge in [0.15, 0.2) is 0 Å².